The fourth-order valence-corrected chi connectivity index (χ4v) is 3.00. The van der Waals surface area contributed by atoms with E-state index in [2.05, 4.69) is 10.6 Å². The molecule has 0 unspecified atom stereocenters. The Kier molecular flexibility index (Phi) is 6.29. The number of rotatable bonds is 5. The van der Waals surface area contributed by atoms with Crippen LogP contribution >= 0.6 is 0 Å². The third kappa shape index (κ3) is 4.52. The smallest absolute Gasteiger partial charge is 0.257 e. The van der Waals surface area contributed by atoms with Crippen LogP contribution in [0.25, 0.3) is 0 Å². The normalized spacial score (nSPS) is 16.7. The molecule has 24 heavy (non-hydrogen) atoms. The predicted octanol–water partition coefficient (Wildman–Crippen LogP) is 3.17. The minimum Gasteiger partial charge on any atom is -0.352 e. The molecule has 6 heteroatoms. The Bertz CT molecular complexity index is 578. The van der Waals surface area contributed by atoms with Crippen LogP contribution in [-0.4, -0.2) is 23.9 Å². The summed E-state index contributed by atoms with van der Waals surface area (Å²) < 4.78 is 27.4. The highest BCUT2D eigenvalue weighted by molar-refractivity contribution is 5.98. The largest absolute Gasteiger partial charge is 0.352 e. The van der Waals surface area contributed by atoms with Crippen LogP contribution in [0.2, 0.25) is 0 Å². The van der Waals surface area contributed by atoms with Crippen molar-refractivity contribution in [3.63, 3.8) is 0 Å². The summed E-state index contributed by atoms with van der Waals surface area (Å²) in [7, 11) is 0. The molecule has 2 amide bonds. The van der Waals surface area contributed by atoms with Crippen molar-refractivity contribution in [2.45, 2.75) is 58.0 Å². The molecule has 0 aliphatic heterocycles. The van der Waals surface area contributed by atoms with Crippen molar-refractivity contribution in [1.29, 1.82) is 0 Å². The molecule has 1 fully saturated rings. The Morgan fingerprint density at radius 2 is 1.67 bits per heavy atom. The first-order chi connectivity index (χ1) is 11.4. The Labute approximate surface area is 141 Å². The molecule has 1 atom stereocenters. The minimum absolute atomic E-state index is 0.106. The van der Waals surface area contributed by atoms with E-state index in [0.717, 1.165) is 37.8 Å². The maximum Gasteiger partial charge on any atom is 0.257 e. The average Bonchev–Trinajstić information content (AvgIpc) is 2.53. The second-order valence-corrected chi connectivity index (χ2v) is 6.64. The van der Waals surface area contributed by atoms with Crippen LogP contribution in [0.3, 0.4) is 0 Å². The molecule has 0 spiro atoms. The summed E-state index contributed by atoms with van der Waals surface area (Å²) in [5, 5.41) is 5.42. The molecule has 4 nitrogen and oxygen atoms in total. The maximum atomic E-state index is 13.7. The summed E-state index contributed by atoms with van der Waals surface area (Å²) in [6.07, 6.45) is 5.16. The lowest BCUT2D eigenvalue weighted by Gasteiger charge is -2.27. The van der Waals surface area contributed by atoms with Crippen LogP contribution in [0.5, 0.6) is 0 Å². The minimum atomic E-state index is -0.942. The van der Waals surface area contributed by atoms with Crippen LogP contribution < -0.4 is 10.6 Å². The van der Waals surface area contributed by atoms with Gasteiger partial charge in [-0.05, 0) is 30.9 Å². The standard InChI is InChI=1S/C18H24F2N2O2/c1-11(2)16(18(24)21-12-7-4-3-5-8-12)22-17(23)15-13(19)9-6-10-14(15)20/h6,9-12,16H,3-5,7-8H2,1-2H3,(H,21,24)(H,22,23)/t16-/m0/s1. The first kappa shape index (κ1) is 18.4. The van der Waals surface area contributed by atoms with Gasteiger partial charge >= 0.3 is 0 Å². The average molecular weight is 338 g/mol. The number of carbonyl (C=O) groups is 2. The Morgan fingerprint density at radius 1 is 1.08 bits per heavy atom. The van der Waals surface area contributed by atoms with Gasteiger partial charge in [-0.15, -0.1) is 0 Å². The van der Waals surface area contributed by atoms with Crippen molar-refractivity contribution in [3.05, 3.63) is 35.4 Å². The third-order valence-electron chi connectivity index (χ3n) is 4.38. The number of benzene rings is 1. The second-order valence-electron chi connectivity index (χ2n) is 6.64. The van der Waals surface area contributed by atoms with Gasteiger partial charge in [0.25, 0.3) is 5.91 Å². The lowest BCUT2D eigenvalue weighted by molar-refractivity contribution is -0.124. The van der Waals surface area contributed by atoms with Gasteiger partial charge in [0.1, 0.15) is 23.2 Å². The summed E-state index contributed by atoms with van der Waals surface area (Å²) in [5.74, 6) is -3.30. The van der Waals surface area contributed by atoms with Gasteiger partial charge in [-0.3, -0.25) is 9.59 Å². The summed E-state index contributed by atoms with van der Waals surface area (Å²) in [4.78, 5) is 24.7. The molecule has 0 radical (unpaired) electrons. The molecular weight excluding hydrogens is 314 g/mol. The van der Waals surface area contributed by atoms with Crippen LogP contribution in [-0.2, 0) is 4.79 Å². The fraction of sp³-hybridized carbons (Fsp3) is 0.556. The van der Waals surface area contributed by atoms with Gasteiger partial charge in [0.15, 0.2) is 0 Å². The quantitative estimate of drug-likeness (QED) is 0.866. The SMILES string of the molecule is CC(C)[C@H](NC(=O)c1c(F)cccc1F)C(=O)NC1CCCCC1. The molecule has 1 saturated carbocycles. The van der Waals surface area contributed by atoms with Gasteiger partial charge in [0, 0.05) is 6.04 Å². The van der Waals surface area contributed by atoms with Crippen molar-refractivity contribution >= 4 is 11.8 Å². The van der Waals surface area contributed by atoms with Gasteiger partial charge in [0.05, 0.1) is 0 Å². The van der Waals surface area contributed by atoms with Crippen LogP contribution in [0, 0.1) is 17.6 Å². The second kappa shape index (κ2) is 8.22. The summed E-state index contributed by atoms with van der Waals surface area (Å²) in [6.45, 7) is 3.56. The van der Waals surface area contributed by atoms with E-state index in [9.17, 15) is 18.4 Å². The van der Waals surface area contributed by atoms with Gasteiger partial charge in [-0.2, -0.15) is 0 Å². The lowest BCUT2D eigenvalue weighted by atomic mass is 9.94. The van der Waals surface area contributed by atoms with Gasteiger partial charge in [-0.25, -0.2) is 8.78 Å². The number of halogens is 2. The van der Waals surface area contributed by atoms with Crippen LogP contribution in [0.1, 0.15) is 56.3 Å². The monoisotopic (exact) mass is 338 g/mol. The van der Waals surface area contributed by atoms with Crippen LogP contribution in [0.15, 0.2) is 18.2 Å². The Balaban J connectivity index is 2.07. The summed E-state index contributed by atoms with van der Waals surface area (Å²) in [6, 6.07) is 2.50. The van der Waals surface area contributed by atoms with Crippen molar-refractivity contribution in [2.24, 2.45) is 5.92 Å². The van der Waals surface area contributed by atoms with E-state index in [0.29, 0.717) is 0 Å². The molecule has 0 heterocycles. The zero-order chi connectivity index (χ0) is 17.7. The molecule has 2 rings (SSSR count). The highest BCUT2D eigenvalue weighted by atomic mass is 19.1. The number of amides is 2. The number of hydrogen-bond acceptors (Lipinski definition) is 2. The fourth-order valence-electron chi connectivity index (χ4n) is 3.00. The van der Waals surface area contributed by atoms with Crippen molar-refractivity contribution in [1.82, 2.24) is 10.6 Å². The molecule has 0 saturated heterocycles. The van der Waals surface area contributed by atoms with Gasteiger partial charge in [0.2, 0.25) is 5.91 Å². The summed E-state index contributed by atoms with van der Waals surface area (Å²) in [5.41, 5.74) is -0.659. The zero-order valence-corrected chi connectivity index (χ0v) is 14.1. The highest BCUT2D eigenvalue weighted by Crippen LogP contribution is 2.18. The maximum absolute atomic E-state index is 13.7. The topological polar surface area (TPSA) is 58.2 Å². The molecule has 1 aliphatic rings. The van der Waals surface area contributed by atoms with Gasteiger partial charge < -0.3 is 10.6 Å². The molecule has 0 bridgehead atoms. The van der Waals surface area contributed by atoms with E-state index >= 15 is 0 Å². The Hall–Kier alpha value is -1.98. The molecule has 0 aromatic heterocycles. The molecule has 1 aromatic carbocycles. The van der Waals surface area contributed by atoms with E-state index in [4.69, 9.17) is 0 Å². The zero-order valence-electron chi connectivity index (χ0n) is 14.1. The van der Waals surface area contributed by atoms with E-state index < -0.39 is 29.1 Å². The molecule has 2 N–H and O–H groups in total. The number of nitrogens with one attached hydrogen (secondary N) is 2. The van der Waals surface area contributed by atoms with Gasteiger partial charge in [-0.1, -0.05) is 39.2 Å². The Morgan fingerprint density at radius 3 is 2.21 bits per heavy atom. The van der Waals surface area contributed by atoms with E-state index in [1.54, 1.807) is 13.8 Å². The van der Waals surface area contributed by atoms with Crippen molar-refractivity contribution in [2.75, 3.05) is 0 Å². The summed E-state index contributed by atoms with van der Waals surface area (Å²) >= 11 is 0. The predicted molar refractivity (Wildman–Crippen MR) is 87.5 cm³/mol. The number of hydrogen-bond donors (Lipinski definition) is 2. The molecular formula is C18H24F2N2O2. The first-order valence-corrected chi connectivity index (χ1v) is 8.45. The lowest BCUT2D eigenvalue weighted by Crippen LogP contribution is -2.52. The van der Waals surface area contributed by atoms with Crippen molar-refractivity contribution in [3.8, 4) is 0 Å². The first-order valence-electron chi connectivity index (χ1n) is 8.45. The highest BCUT2D eigenvalue weighted by Gasteiger charge is 2.28. The number of carbonyl (C=O) groups excluding carboxylic acids is 2. The van der Waals surface area contributed by atoms with E-state index in [1.165, 1.54) is 12.5 Å². The third-order valence-corrected chi connectivity index (χ3v) is 4.38. The molecule has 1 aliphatic carbocycles. The van der Waals surface area contributed by atoms with Crippen molar-refractivity contribution < 1.29 is 18.4 Å². The molecule has 1 aromatic rings. The molecule has 132 valence electrons. The van der Waals surface area contributed by atoms with E-state index in [-0.39, 0.29) is 17.9 Å². The van der Waals surface area contributed by atoms with Crippen LogP contribution in [0.4, 0.5) is 8.78 Å². The van der Waals surface area contributed by atoms with E-state index in [1.807, 2.05) is 0 Å².